The summed E-state index contributed by atoms with van der Waals surface area (Å²) in [6, 6.07) is 0.781. The van der Waals surface area contributed by atoms with Crippen LogP contribution in [0.4, 0.5) is 5.95 Å². The highest BCUT2D eigenvalue weighted by molar-refractivity contribution is 5.31. The van der Waals surface area contributed by atoms with E-state index in [1.807, 2.05) is 12.4 Å². The fourth-order valence-electron chi connectivity index (χ4n) is 2.48. The molecular weight excluding hydrogens is 202 g/mol. The zero-order valence-electron chi connectivity index (χ0n) is 9.76. The van der Waals surface area contributed by atoms with E-state index in [1.165, 1.54) is 26.2 Å². The molecule has 5 heteroatoms. The minimum absolute atomic E-state index is 0.781. The van der Waals surface area contributed by atoms with Crippen molar-refractivity contribution in [2.75, 3.05) is 44.2 Å². The quantitative estimate of drug-likeness (QED) is 0.731. The number of aromatic nitrogens is 2. The second-order valence-corrected chi connectivity index (χ2v) is 4.67. The van der Waals surface area contributed by atoms with Crippen LogP contribution in [0.5, 0.6) is 0 Å². The van der Waals surface area contributed by atoms with E-state index in [-0.39, 0.29) is 0 Å². The van der Waals surface area contributed by atoms with E-state index in [2.05, 4.69) is 31.7 Å². The third-order valence-electron chi connectivity index (χ3n) is 3.67. The average Bonchev–Trinajstić information content (AvgIpc) is 2.63. The summed E-state index contributed by atoms with van der Waals surface area (Å²) in [4.78, 5) is 9.37. The molecule has 2 saturated heterocycles. The molecule has 1 aromatic heterocycles. The van der Waals surface area contributed by atoms with Gasteiger partial charge in [-0.2, -0.15) is 0 Å². The molecule has 16 heavy (non-hydrogen) atoms. The predicted octanol–water partition coefficient (Wildman–Crippen LogP) is -0.486. The average molecular weight is 221 g/mol. The maximum absolute atomic E-state index is 4.40. The summed E-state index contributed by atoms with van der Waals surface area (Å²) in [5.74, 6) is 1.10. The van der Waals surface area contributed by atoms with Gasteiger partial charge in [0.05, 0.1) is 0 Å². The van der Waals surface area contributed by atoms with Gasteiger partial charge >= 0.3 is 0 Å². The molecule has 0 spiro atoms. The largest absolute Gasteiger partial charge is 0.340 e. The molecule has 2 aliphatic heterocycles. The monoisotopic (exact) mass is 221 g/mol. The maximum Gasteiger partial charge on any atom is 0.205 e. The first-order valence-corrected chi connectivity index (χ1v) is 6.01. The first kappa shape index (κ1) is 10.1. The van der Waals surface area contributed by atoms with Crippen molar-refractivity contribution in [3.63, 3.8) is 0 Å². The van der Waals surface area contributed by atoms with Gasteiger partial charge in [-0.15, -0.1) is 0 Å². The molecule has 0 radical (unpaired) electrons. The van der Waals surface area contributed by atoms with Crippen LogP contribution in [-0.4, -0.2) is 59.8 Å². The Balaban J connectivity index is 1.60. The summed E-state index contributed by atoms with van der Waals surface area (Å²) >= 11 is 0. The molecule has 1 aromatic rings. The summed E-state index contributed by atoms with van der Waals surface area (Å²) < 4.78 is 2.10. The highest BCUT2D eigenvalue weighted by Gasteiger charge is 2.28. The Morgan fingerprint density at radius 2 is 2.00 bits per heavy atom. The van der Waals surface area contributed by atoms with Crippen LogP contribution in [0.3, 0.4) is 0 Å². The van der Waals surface area contributed by atoms with Gasteiger partial charge in [-0.25, -0.2) is 4.98 Å². The third kappa shape index (κ3) is 1.70. The molecule has 3 rings (SSSR count). The van der Waals surface area contributed by atoms with Crippen LogP contribution in [0.25, 0.3) is 0 Å². The van der Waals surface area contributed by atoms with Crippen LogP contribution in [0, 0.1) is 0 Å². The van der Waals surface area contributed by atoms with Gasteiger partial charge in [0.1, 0.15) is 0 Å². The molecule has 0 bridgehead atoms. The summed E-state index contributed by atoms with van der Waals surface area (Å²) in [5.41, 5.74) is 0. The summed E-state index contributed by atoms with van der Waals surface area (Å²) in [6.07, 6.45) is 3.88. The van der Waals surface area contributed by atoms with Crippen molar-refractivity contribution in [2.24, 2.45) is 7.05 Å². The first-order valence-electron chi connectivity index (χ1n) is 6.01. The van der Waals surface area contributed by atoms with E-state index < -0.39 is 0 Å². The Bertz CT molecular complexity index is 349. The molecule has 0 unspecified atom stereocenters. The highest BCUT2D eigenvalue weighted by Crippen LogP contribution is 2.15. The van der Waals surface area contributed by atoms with Gasteiger partial charge in [0.2, 0.25) is 5.95 Å². The lowest BCUT2D eigenvalue weighted by molar-refractivity contribution is 0.137. The summed E-state index contributed by atoms with van der Waals surface area (Å²) in [7, 11) is 2.06. The van der Waals surface area contributed by atoms with E-state index in [0.717, 1.165) is 25.1 Å². The first-order chi connectivity index (χ1) is 7.84. The van der Waals surface area contributed by atoms with Crippen molar-refractivity contribution in [1.29, 1.82) is 0 Å². The Hall–Kier alpha value is -1.07. The standard InChI is InChI=1S/C11H19N5/c1-14-3-2-13-11(14)16-6-4-15(5-7-16)10-8-12-9-10/h2-3,10,12H,4-9H2,1H3. The van der Waals surface area contributed by atoms with E-state index in [4.69, 9.17) is 0 Å². The normalized spacial score (nSPS) is 23.4. The Kier molecular flexibility index (Phi) is 2.57. The Morgan fingerprint density at radius 1 is 1.25 bits per heavy atom. The van der Waals surface area contributed by atoms with E-state index >= 15 is 0 Å². The molecule has 0 atom stereocenters. The lowest BCUT2D eigenvalue weighted by atomic mass is 10.1. The number of anilines is 1. The van der Waals surface area contributed by atoms with Crippen molar-refractivity contribution in [2.45, 2.75) is 6.04 Å². The number of imidazole rings is 1. The Labute approximate surface area is 96.0 Å². The second-order valence-electron chi connectivity index (χ2n) is 4.67. The number of nitrogens with one attached hydrogen (secondary N) is 1. The molecule has 0 aliphatic carbocycles. The van der Waals surface area contributed by atoms with Crippen molar-refractivity contribution < 1.29 is 0 Å². The van der Waals surface area contributed by atoms with Gasteiger partial charge in [-0.3, -0.25) is 4.90 Å². The number of hydrogen-bond acceptors (Lipinski definition) is 4. The van der Waals surface area contributed by atoms with Crippen LogP contribution >= 0.6 is 0 Å². The minimum Gasteiger partial charge on any atom is -0.340 e. The topological polar surface area (TPSA) is 36.3 Å². The molecule has 1 N–H and O–H groups in total. The second kappa shape index (κ2) is 4.07. The lowest BCUT2D eigenvalue weighted by Crippen LogP contribution is -2.61. The molecule has 0 amide bonds. The Morgan fingerprint density at radius 3 is 2.50 bits per heavy atom. The number of piperazine rings is 1. The summed E-state index contributed by atoms with van der Waals surface area (Å²) in [6.45, 7) is 6.87. The molecule has 2 fully saturated rings. The lowest BCUT2D eigenvalue weighted by Gasteiger charge is -2.43. The van der Waals surface area contributed by atoms with Gasteiger partial charge in [-0.1, -0.05) is 0 Å². The molecule has 0 aromatic carbocycles. The fourth-order valence-corrected chi connectivity index (χ4v) is 2.48. The molecular formula is C11H19N5. The zero-order valence-corrected chi connectivity index (χ0v) is 9.76. The van der Waals surface area contributed by atoms with Crippen LogP contribution in [-0.2, 0) is 7.05 Å². The molecule has 2 aliphatic rings. The minimum atomic E-state index is 0.781. The zero-order chi connectivity index (χ0) is 11.0. The number of hydrogen-bond donors (Lipinski definition) is 1. The summed E-state index contributed by atoms with van der Waals surface area (Å²) in [5, 5.41) is 3.33. The fraction of sp³-hybridized carbons (Fsp3) is 0.727. The number of rotatable bonds is 2. The van der Waals surface area contributed by atoms with Gasteiger partial charge in [-0.05, 0) is 0 Å². The van der Waals surface area contributed by atoms with Crippen LogP contribution in [0.2, 0.25) is 0 Å². The van der Waals surface area contributed by atoms with Crippen molar-refractivity contribution in [3.05, 3.63) is 12.4 Å². The van der Waals surface area contributed by atoms with Crippen LogP contribution in [0.15, 0.2) is 12.4 Å². The molecule has 0 saturated carbocycles. The van der Waals surface area contributed by atoms with Gasteiger partial charge in [0, 0.05) is 64.8 Å². The van der Waals surface area contributed by atoms with Crippen molar-refractivity contribution in [1.82, 2.24) is 19.8 Å². The van der Waals surface area contributed by atoms with Gasteiger partial charge in [0.25, 0.3) is 0 Å². The SMILES string of the molecule is Cn1ccnc1N1CCN(C2CNC2)CC1. The van der Waals surface area contributed by atoms with E-state index in [0.29, 0.717) is 0 Å². The maximum atomic E-state index is 4.40. The molecule has 5 nitrogen and oxygen atoms in total. The van der Waals surface area contributed by atoms with E-state index in [1.54, 1.807) is 0 Å². The number of nitrogens with zero attached hydrogens (tertiary/aromatic N) is 4. The molecule has 3 heterocycles. The highest BCUT2D eigenvalue weighted by atomic mass is 15.4. The third-order valence-corrected chi connectivity index (χ3v) is 3.67. The number of aryl methyl sites for hydroxylation is 1. The van der Waals surface area contributed by atoms with Crippen molar-refractivity contribution in [3.8, 4) is 0 Å². The predicted molar refractivity (Wildman–Crippen MR) is 63.7 cm³/mol. The van der Waals surface area contributed by atoms with E-state index in [9.17, 15) is 0 Å². The van der Waals surface area contributed by atoms with Gasteiger partial charge < -0.3 is 14.8 Å². The van der Waals surface area contributed by atoms with Crippen LogP contribution < -0.4 is 10.2 Å². The molecule has 88 valence electrons. The van der Waals surface area contributed by atoms with Crippen molar-refractivity contribution >= 4 is 5.95 Å². The van der Waals surface area contributed by atoms with Gasteiger partial charge in [0.15, 0.2) is 0 Å². The van der Waals surface area contributed by atoms with Crippen LogP contribution in [0.1, 0.15) is 0 Å². The smallest absolute Gasteiger partial charge is 0.205 e.